The minimum atomic E-state index is 0.0289. The van der Waals surface area contributed by atoms with Crippen molar-refractivity contribution in [1.82, 2.24) is 0 Å². The van der Waals surface area contributed by atoms with E-state index >= 15 is 0 Å². The molecule has 1 atom stereocenters. The zero-order chi connectivity index (χ0) is 11.8. The van der Waals surface area contributed by atoms with Crippen molar-refractivity contribution in [2.24, 2.45) is 5.73 Å². The molecule has 0 saturated heterocycles. The van der Waals surface area contributed by atoms with Crippen molar-refractivity contribution >= 4 is 11.8 Å². The molecule has 90 valence electrons. The first-order chi connectivity index (χ1) is 7.75. The summed E-state index contributed by atoms with van der Waals surface area (Å²) in [4.78, 5) is 0. The molecule has 0 aliphatic carbocycles. The average Bonchev–Trinajstić information content (AvgIpc) is 2.29. The number of ether oxygens (including phenoxy) is 1. The summed E-state index contributed by atoms with van der Waals surface area (Å²) in [6, 6.07) is 8.04. The van der Waals surface area contributed by atoms with Crippen molar-refractivity contribution in [1.29, 1.82) is 0 Å². The van der Waals surface area contributed by atoms with Crippen LogP contribution in [0, 0.1) is 0 Å². The van der Waals surface area contributed by atoms with Crippen LogP contribution in [0.25, 0.3) is 0 Å². The second-order valence-electron chi connectivity index (χ2n) is 3.73. The van der Waals surface area contributed by atoms with Gasteiger partial charge in [0.2, 0.25) is 0 Å². The number of hydrogen-bond donors (Lipinski definition) is 1. The van der Waals surface area contributed by atoms with Crippen molar-refractivity contribution in [3.63, 3.8) is 0 Å². The van der Waals surface area contributed by atoms with E-state index in [2.05, 4.69) is 6.92 Å². The minimum absolute atomic E-state index is 0.0289. The smallest absolute Gasteiger partial charge is 0.124 e. The Morgan fingerprint density at radius 2 is 2.12 bits per heavy atom. The lowest BCUT2D eigenvalue weighted by atomic mass is 10.1. The van der Waals surface area contributed by atoms with Crippen LogP contribution in [0.3, 0.4) is 0 Å². The van der Waals surface area contributed by atoms with E-state index in [1.807, 2.05) is 43.0 Å². The van der Waals surface area contributed by atoms with Crippen LogP contribution >= 0.6 is 11.8 Å². The lowest BCUT2D eigenvalue weighted by molar-refractivity contribution is 0.314. The Morgan fingerprint density at radius 3 is 2.81 bits per heavy atom. The molecule has 0 fully saturated rings. The van der Waals surface area contributed by atoms with Gasteiger partial charge in [0.25, 0.3) is 0 Å². The fourth-order valence-electron chi connectivity index (χ4n) is 1.48. The predicted octanol–water partition coefficient (Wildman–Crippen LogP) is 3.23. The normalized spacial score (nSPS) is 12.4. The van der Waals surface area contributed by atoms with Crippen LogP contribution in [0.1, 0.15) is 31.9 Å². The Bertz CT molecular complexity index is 302. The first kappa shape index (κ1) is 13.4. The number of rotatable bonds is 7. The van der Waals surface area contributed by atoms with Gasteiger partial charge in [-0.15, -0.1) is 0 Å². The van der Waals surface area contributed by atoms with Crippen molar-refractivity contribution in [3.05, 3.63) is 29.8 Å². The van der Waals surface area contributed by atoms with E-state index in [1.165, 1.54) is 5.75 Å². The quantitative estimate of drug-likeness (QED) is 0.742. The van der Waals surface area contributed by atoms with Gasteiger partial charge >= 0.3 is 0 Å². The van der Waals surface area contributed by atoms with Crippen LogP contribution in [0.4, 0.5) is 0 Å². The van der Waals surface area contributed by atoms with Gasteiger partial charge in [0.1, 0.15) is 5.75 Å². The molecular formula is C13H21NOS. The summed E-state index contributed by atoms with van der Waals surface area (Å²) in [5, 5.41) is 0. The molecule has 0 amide bonds. The van der Waals surface area contributed by atoms with Crippen LogP contribution in [0.15, 0.2) is 24.3 Å². The molecule has 0 bridgehead atoms. The summed E-state index contributed by atoms with van der Waals surface area (Å²) < 4.78 is 5.75. The van der Waals surface area contributed by atoms with Crippen LogP contribution in [-0.4, -0.2) is 18.1 Å². The molecule has 1 aromatic carbocycles. The highest BCUT2D eigenvalue weighted by Crippen LogP contribution is 2.23. The van der Waals surface area contributed by atoms with Crippen LogP contribution in [0.5, 0.6) is 5.75 Å². The predicted molar refractivity (Wildman–Crippen MR) is 72.2 cm³/mol. The highest BCUT2D eigenvalue weighted by Gasteiger charge is 2.06. The highest BCUT2D eigenvalue weighted by atomic mass is 32.2. The Morgan fingerprint density at radius 1 is 1.38 bits per heavy atom. The molecule has 1 aromatic rings. The number of nitrogens with two attached hydrogens (primary N) is 1. The Labute approximate surface area is 103 Å². The minimum Gasteiger partial charge on any atom is -0.493 e. The fourth-order valence-corrected chi connectivity index (χ4v) is 2.09. The van der Waals surface area contributed by atoms with Gasteiger partial charge in [0.15, 0.2) is 0 Å². The topological polar surface area (TPSA) is 35.2 Å². The fraction of sp³-hybridized carbons (Fsp3) is 0.538. The van der Waals surface area contributed by atoms with Crippen molar-refractivity contribution < 1.29 is 4.74 Å². The molecule has 0 spiro atoms. The van der Waals surface area contributed by atoms with E-state index in [-0.39, 0.29) is 6.04 Å². The molecule has 0 aliphatic rings. The van der Waals surface area contributed by atoms with E-state index in [0.717, 1.165) is 30.1 Å². The van der Waals surface area contributed by atoms with Crippen molar-refractivity contribution in [3.8, 4) is 5.75 Å². The van der Waals surface area contributed by atoms with E-state index in [9.17, 15) is 0 Å². The number of thioether (sulfide) groups is 1. The molecule has 2 N–H and O–H groups in total. The Kier molecular flexibility index (Phi) is 6.34. The van der Waals surface area contributed by atoms with E-state index < -0.39 is 0 Å². The molecule has 0 radical (unpaired) electrons. The molecular weight excluding hydrogens is 218 g/mol. The molecule has 0 aromatic heterocycles. The zero-order valence-corrected chi connectivity index (χ0v) is 10.9. The molecule has 0 saturated carbocycles. The van der Waals surface area contributed by atoms with Gasteiger partial charge in [-0.3, -0.25) is 0 Å². The third-order valence-corrected chi connectivity index (χ3v) is 3.29. The van der Waals surface area contributed by atoms with Gasteiger partial charge in [-0.25, -0.2) is 0 Å². The molecule has 1 rings (SSSR count). The molecule has 0 unspecified atom stereocenters. The standard InChI is InChI=1S/C13H21NOS/c1-3-16-10-6-9-15-13-8-5-4-7-12(13)11(2)14/h4-5,7-8,11H,3,6,9-10,14H2,1-2H3/t11-/m0/s1. The van der Waals surface area contributed by atoms with Crippen LogP contribution in [-0.2, 0) is 0 Å². The van der Waals surface area contributed by atoms with E-state index in [0.29, 0.717) is 0 Å². The summed E-state index contributed by atoms with van der Waals surface area (Å²) in [7, 11) is 0. The zero-order valence-electron chi connectivity index (χ0n) is 10.1. The second-order valence-corrected chi connectivity index (χ2v) is 5.12. The summed E-state index contributed by atoms with van der Waals surface area (Å²) in [5.74, 6) is 3.27. The third-order valence-electron chi connectivity index (χ3n) is 2.30. The monoisotopic (exact) mass is 239 g/mol. The number of benzene rings is 1. The average molecular weight is 239 g/mol. The van der Waals surface area contributed by atoms with Gasteiger partial charge < -0.3 is 10.5 Å². The first-order valence-corrected chi connectivity index (χ1v) is 6.96. The van der Waals surface area contributed by atoms with E-state index in [4.69, 9.17) is 10.5 Å². The summed E-state index contributed by atoms with van der Waals surface area (Å²) >= 11 is 1.95. The largest absolute Gasteiger partial charge is 0.493 e. The summed E-state index contributed by atoms with van der Waals surface area (Å²) in [6.45, 7) is 4.93. The van der Waals surface area contributed by atoms with Gasteiger partial charge in [-0.05, 0) is 30.9 Å². The third kappa shape index (κ3) is 4.45. The van der Waals surface area contributed by atoms with Crippen molar-refractivity contribution in [2.75, 3.05) is 18.1 Å². The number of para-hydroxylation sites is 1. The molecule has 2 nitrogen and oxygen atoms in total. The molecule has 3 heteroatoms. The van der Waals surface area contributed by atoms with Gasteiger partial charge in [-0.1, -0.05) is 25.1 Å². The lowest BCUT2D eigenvalue weighted by Gasteiger charge is -2.13. The number of hydrogen-bond acceptors (Lipinski definition) is 3. The molecule has 16 heavy (non-hydrogen) atoms. The van der Waals surface area contributed by atoms with Gasteiger partial charge in [0, 0.05) is 11.6 Å². The highest BCUT2D eigenvalue weighted by molar-refractivity contribution is 7.99. The van der Waals surface area contributed by atoms with E-state index in [1.54, 1.807) is 0 Å². The Balaban J connectivity index is 2.41. The maximum Gasteiger partial charge on any atom is 0.124 e. The summed E-state index contributed by atoms with van der Waals surface area (Å²) in [5.41, 5.74) is 6.97. The van der Waals surface area contributed by atoms with Gasteiger partial charge in [0.05, 0.1) is 6.61 Å². The molecule has 0 aliphatic heterocycles. The van der Waals surface area contributed by atoms with Gasteiger partial charge in [-0.2, -0.15) is 11.8 Å². The van der Waals surface area contributed by atoms with Crippen LogP contribution in [0.2, 0.25) is 0 Å². The second kappa shape index (κ2) is 7.58. The molecule has 0 heterocycles. The maximum atomic E-state index is 5.88. The SMILES string of the molecule is CCSCCCOc1ccccc1[C@H](C)N. The summed E-state index contributed by atoms with van der Waals surface area (Å²) in [6.07, 6.45) is 1.09. The van der Waals surface area contributed by atoms with Crippen molar-refractivity contribution in [2.45, 2.75) is 26.3 Å². The lowest BCUT2D eigenvalue weighted by Crippen LogP contribution is -2.08. The van der Waals surface area contributed by atoms with Crippen LogP contribution < -0.4 is 10.5 Å². The maximum absolute atomic E-state index is 5.88. The Hall–Kier alpha value is -0.670. The first-order valence-electron chi connectivity index (χ1n) is 5.80.